The van der Waals surface area contributed by atoms with Gasteiger partial charge in [0.05, 0.1) is 26.5 Å². The van der Waals surface area contributed by atoms with E-state index in [-0.39, 0.29) is 5.56 Å². The number of hydrogen-bond donors (Lipinski definition) is 0. The fourth-order valence-corrected chi connectivity index (χ4v) is 3.00. The Morgan fingerprint density at radius 3 is 2.44 bits per heavy atom. The van der Waals surface area contributed by atoms with E-state index >= 15 is 0 Å². The van der Waals surface area contributed by atoms with E-state index in [4.69, 9.17) is 9.47 Å². The number of benzene rings is 2. The largest absolute Gasteiger partial charge is 0.497 e. The predicted molar refractivity (Wildman–Crippen MR) is 104 cm³/mol. The van der Waals surface area contributed by atoms with Gasteiger partial charge in [-0.15, -0.1) is 0 Å². The second-order valence-corrected chi connectivity index (χ2v) is 6.17. The second-order valence-electron chi connectivity index (χ2n) is 6.17. The zero-order valence-electron chi connectivity index (χ0n) is 15.1. The highest BCUT2D eigenvalue weighted by atomic mass is 16.5. The Morgan fingerprint density at radius 1 is 0.926 bits per heavy atom. The van der Waals surface area contributed by atoms with Gasteiger partial charge in [-0.05, 0) is 35.9 Å². The molecule has 4 aromatic rings. The van der Waals surface area contributed by atoms with Crippen molar-refractivity contribution in [3.8, 4) is 22.8 Å². The monoisotopic (exact) mass is 361 g/mol. The van der Waals surface area contributed by atoms with Gasteiger partial charge in [-0.1, -0.05) is 24.3 Å². The Labute approximate surface area is 156 Å². The van der Waals surface area contributed by atoms with Crippen LogP contribution in [0, 0.1) is 0 Å². The standard InChI is InChI=1S/C21H19N3O3/c1-26-17-8-6-15(7-9-17)14-23-10-11-24-20(21(23)25)13-19(22-24)16-4-3-5-18(12-16)27-2/h3-13H,14H2,1-2H3. The van der Waals surface area contributed by atoms with Crippen molar-refractivity contribution in [2.75, 3.05) is 14.2 Å². The first-order valence-electron chi connectivity index (χ1n) is 8.54. The molecule has 2 heterocycles. The number of aromatic nitrogens is 3. The van der Waals surface area contributed by atoms with Crippen LogP contribution in [-0.4, -0.2) is 28.4 Å². The molecule has 6 heteroatoms. The van der Waals surface area contributed by atoms with Crippen LogP contribution in [0.15, 0.2) is 71.8 Å². The van der Waals surface area contributed by atoms with Crippen LogP contribution in [0.1, 0.15) is 5.56 Å². The third kappa shape index (κ3) is 3.29. The van der Waals surface area contributed by atoms with Gasteiger partial charge in [0.15, 0.2) is 0 Å². The maximum absolute atomic E-state index is 12.9. The molecule has 0 amide bonds. The summed E-state index contributed by atoms with van der Waals surface area (Å²) in [7, 11) is 3.26. The lowest BCUT2D eigenvalue weighted by atomic mass is 10.1. The molecule has 0 aliphatic heterocycles. The summed E-state index contributed by atoms with van der Waals surface area (Å²) in [5, 5.41) is 4.52. The van der Waals surface area contributed by atoms with E-state index in [1.54, 1.807) is 35.7 Å². The number of methoxy groups -OCH3 is 2. The van der Waals surface area contributed by atoms with Crippen molar-refractivity contribution in [1.82, 2.24) is 14.2 Å². The summed E-state index contributed by atoms with van der Waals surface area (Å²) >= 11 is 0. The topological polar surface area (TPSA) is 57.8 Å². The second kappa shape index (κ2) is 6.99. The third-order valence-electron chi connectivity index (χ3n) is 4.48. The Hall–Kier alpha value is -3.54. The van der Waals surface area contributed by atoms with Crippen LogP contribution in [0.25, 0.3) is 16.8 Å². The number of ether oxygens (including phenoxy) is 2. The maximum Gasteiger partial charge on any atom is 0.276 e. The van der Waals surface area contributed by atoms with Crippen LogP contribution < -0.4 is 15.0 Å². The van der Waals surface area contributed by atoms with E-state index in [9.17, 15) is 4.79 Å². The highest BCUT2D eigenvalue weighted by Crippen LogP contribution is 2.23. The van der Waals surface area contributed by atoms with Crippen molar-refractivity contribution in [1.29, 1.82) is 0 Å². The maximum atomic E-state index is 12.9. The average molecular weight is 361 g/mol. The number of fused-ring (bicyclic) bond motifs is 1. The van der Waals surface area contributed by atoms with Crippen LogP contribution in [-0.2, 0) is 6.54 Å². The summed E-state index contributed by atoms with van der Waals surface area (Å²) in [5.41, 5.74) is 3.10. The molecule has 0 bridgehead atoms. The van der Waals surface area contributed by atoms with E-state index in [1.807, 2.05) is 54.6 Å². The molecule has 0 atom stereocenters. The van der Waals surface area contributed by atoms with Crippen molar-refractivity contribution < 1.29 is 9.47 Å². The quantitative estimate of drug-likeness (QED) is 0.548. The lowest BCUT2D eigenvalue weighted by Crippen LogP contribution is -2.21. The minimum atomic E-state index is -0.0880. The first kappa shape index (κ1) is 16.9. The molecule has 0 saturated heterocycles. The number of hydrogen-bond acceptors (Lipinski definition) is 4. The summed E-state index contributed by atoms with van der Waals surface area (Å²) in [4.78, 5) is 12.9. The minimum Gasteiger partial charge on any atom is -0.497 e. The van der Waals surface area contributed by atoms with E-state index in [0.29, 0.717) is 12.1 Å². The van der Waals surface area contributed by atoms with E-state index in [0.717, 1.165) is 28.3 Å². The smallest absolute Gasteiger partial charge is 0.276 e. The molecular formula is C21H19N3O3. The van der Waals surface area contributed by atoms with Crippen molar-refractivity contribution >= 4 is 5.52 Å². The summed E-state index contributed by atoms with van der Waals surface area (Å²) in [6.07, 6.45) is 3.55. The van der Waals surface area contributed by atoms with Gasteiger partial charge in [0.25, 0.3) is 5.56 Å². The Bertz CT molecular complexity index is 1140. The van der Waals surface area contributed by atoms with Crippen molar-refractivity contribution in [3.63, 3.8) is 0 Å². The zero-order chi connectivity index (χ0) is 18.8. The van der Waals surface area contributed by atoms with Crippen LogP contribution in [0.4, 0.5) is 0 Å². The average Bonchev–Trinajstić information content (AvgIpc) is 3.16. The summed E-state index contributed by atoms with van der Waals surface area (Å²) in [5.74, 6) is 1.54. The number of rotatable bonds is 5. The molecule has 27 heavy (non-hydrogen) atoms. The molecule has 2 aromatic heterocycles. The van der Waals surface area contributed by atoms with Gasteiger partial charge in [0.1, 0.15) is 17.0 Å². The fraction of sp³-hybridized carbons (Fsp3) is 0.143. The van der Waals surface area contributed by atoms with Gasteiger partial charge in [-0.2, -0.15) is 5.10 Å². The SMILES string of the molecule is COc1ccc(Cn2ccn3nc(-c4cccc(OC)c4)cc3c2=O)cc1. The fourth-order valence-electron chi connectivity index (χ4n) is 3.00. The third-order valence-corrected chi connectivity index (χ3v) is 4.48. The molecule has 0 spiro atoms. The first-order valence-corrected chi connectivity index (χ1v) is 8.54. The van der Waals surface area contributed by atoms with Gasteiger partial charge in [0.2, 0.25) is 0 Å². The zero-order valence-corrected chi connectivity index (χ0v) is 15.1. The molecular weight excluding hydrogens is 342 g/mol. The summed E-state index contributed by atoms with van der Waals surface area (Å²) < 4.78 is 13.7. The predicted octanol–water partition coefficient (Wildman–Crippen LogP) is 3.23. The van der Waals surface area contributed by atoms with Gasteiger partial charge >= 0.3 is 0 Å². The molecule has 6 nitrogen and oxygen atoms in total. The van der Waals surface area contributed by atoms with Gasteiger partial charge in [-0.25, -0.2) is 4.52 Å². The normalized spacial score (nSPS) is 10.9. The van der Waals surface area contributed by atoms with Crippen LogP contribution >= 0.6 is 0 Å². The van der Waals surface area contributed by atoms with Gasteiger partial charge in [0, 0.05) is 18.0 Å². The number of nitrogens with zero attached hydrogens (tertiary/aromatic N) is 3. The Kier molecular flexibility index (Phi) is 4.38. The Morgan fingerprint density at radius 2 is 1.70 bits per heavy atom. The molecule has 0 N–H and O–H groups in total. The molecule has 0 fully saturated rings. The molecule has 0 radical (unpaired) electrons. The lowest BCUT2D eigenvalue weighted by molar-refractivity contribution is 0.414. The first-order chi connectivity index (χ1) is 13.2. The van der Waals surface area contributed by atoms with Gasteiger partial charge < -0.3 is 14.0 Å². The molecule has 2 aromatic carbocycles. The molecule has 0 unspecified atom stereocenters. The highest BCUT2D eigenvalue weighted by molar-refractivity contribution is 5.66. The van der Waals surface area contributed by atoms with E-state index in [1.165, 1.54) is 0 Å². The Balaban J connectivity index is 1.70. The summed E-state index contributed by atoms with van der Waals surface area (Å²) in [6, 6.07) is 17.1. The molecule has 4 rings (SSSR count). The van der Waals surface area contributed by atoms with Crippen LogP contribution in [0.5, 0.6) is 11.5 Å². The van der Waals surface area contributed by atoms with E-state index in [2.05, 4.69) is 5.10 Å². The van der Waals surface area contributed by atoms with Crippen LogP contribution in [0.2, 0.25) is 0 Å². The van der Waals surface area contributed by atoms with Crippen molar-refractivity contribution in [3.05, 3.63) is 82.9 Å². The lowest BCUT2D eigenvalue weighted by Gasteiger charge is -2.07. The minimum absolute atomic E-state index is 0.0880. The van der Waals surface area contributed by atoms with Crippen molar-refractivity contribution in [2.45, 2.75) is 6.54 Å². The van der Waals surface area contributed by atoms with Crippen LogP contribution in [0.3, 0.4) is 0 Å². The van der Waals surface area contributed by atoms with Crippen molar-refractivity contribution in [2.24, 2.45) is 0 Å². The van der Waals surface area contributed by atoms with E-state index < -0.39 is 0 Å². The summed E-state index contributed by atoms with van der Waals surface area (Å²) in [6.45, 7) is 0.485. The van der Waals surface area contributed by atoms with Gasteiger partial charge in [-0.3, -0.25) is 4.79 Å². The molecule has 0 saturated carbocycles. The molecule has 0 aliphatic carbocycles. The highest BCUT2D eigenvalue weighted by Gasteiger charge is 2.10. The molecule has 136 valence electrons. The molecule has 0 aliphatic rings.